The lowest BCUT2D eigenvalue weighted by atomic mass is 9.99. The van der Waals surface area contributed by atoms with Crippen LogP contribution in [0.15, 0.2) is 36.4 Å². The fourth-order valence-corrected chi connectivity index (χ4v) is 2.72. The predicted octanol–water partition coefficient (Wildman–Crippen LogP) is 4.77. The summed E-state index contributed by atoms with van der Waals surface area (Å²) >= 11 is 0. The van der Waals surface area contributed by atoms with Crippen LogP contribution in [0, 0.1) is 27.7 Å². The Morgan fingerprint density at radius 3 is 1.95 bits per heavy atom. The van der Waals surface area contributed by atoms with Crippen molar-refractivity contribution in [3.8, 4) is 0 Å². The second kappa shape index (κ2) is 6.23. The smallest absolute Gasteiger partial charge is 0.0294 e. The van der Waals surface area contributed by atoms with Gasteiger partial charge in [-0.1, -0.05) is 47.5 Å². The van der Waals surface area contributed by atoms with Crippen molar-refractivity contribution in [1.82, 2.24) is 5.32 Å². The molecule has 0 aliphatic carbocycles. The molecule has 1 nitrogen and oxygen atoms in total. The summed E-state index contributed by atoms with van der Waals surface area (Å²) < 4.78 is 0. The summed E-state index contributed by atoms with van der Waals surface area (Å²) in [7, 11) is 0. The van der Waals surface area contributed by atoms with Gasteiger partial charge in [0.25, 0.3) is 0 Å². The number of aryl methyl sites for hydroxylation is 4. The first kappa shape index (κ1) is 14.8. The lowest BCUT2D eigenvalue weighted by molar-refractivity contribution is 0.572. The first-order valence-electron chi connectivity index (χ1n) is 7.34. The SMILES string of the molecule is Cc1ccc([C@@H](C)NCc2c(C)cc(C)cc2C)cc1. The van der Waals surface area contributed by atoms with E-state index < -0.39 is 0 Å². The maximum atomic E-state index is 3.64. The molecule has 0 saturated carbocycles. The van der Waals surface area contributed by atoms with Crippen molar-refractivity contribution >= 4 is 0 Å². The van der Waals surface area contributed by atoms with Gasteiger partial charge in [0.1, 0.15) is 0 Å². The molecular weight excluding hydrogens is 242 g/mol. The summed E-state index contributed by atoms with van der Waals surface area (Å²) in [5, 5.41) is 3.64. The minimum Gasteiger partial charge on any atom is -0.306 e. The third kappa shape index (κ3) is 3.49. The van der Waals surface area contributed by atoms with Gasteiger partial charge in [-0.3, -0.25) is 0 Å². The van der Waals surface area contributed by atoms with Crippen molar-refractivity contribution in [2.75, 3.05) is 0 Å². The van der Waals surface area contributed by atoms with Gasteiger partial charge in [0.15, 0.2) is 0 Å². The van der Waals surface area contributed by atoms with Crippen LogP contribution in [0.25, 0.3) is 0 Å². The Kier molecular flexibility index (Phi) is 4.61. The molecule has 0 spiro atoms. The lowest BCUT2D eigenvalue weighted by Gasteiger charge is -2.17. The van der Waals surface area contributed by atoms with Crippen molar-refractivity contribution in [3.63, 3.8) is 0 Å². The van der Waals surface area contributed by atoms with E-state index in [0.717, 1.165) is 6.54 Å². The van der Waals surface area contributed by atoms with E-state index in [4.69, 9.17) is 0 Å². The molecule has 0 aliphatic heterocycles. The van der Waals surface area contributed by atoms with Crippen LogP contribution in [0.2, 0.25) is 0 Å². The minimum atomic E-state index is 0.371. The molecule has 0 aromatic heterocycles. The fourth-order valence-electron chi connectivity index (χ4n) is 2.72. The largest absolute Gasteiger partial charge is 0.306 e. The monoisotopic (exact) mass is 267 g/mol. The van der Waals surface area contributed by atoms with Crippen LogP contribution in [0.3, 0.4) is 0 Å². The Hall–Kier alpha value is -1.60. The van der Waals surface area contributed by atoms with Crippen LogP contribution >= 0.6 is 0 Å². The normalized spacial score (nSPS) is 12.4. The second-order valence-corrected chi connectivity index (χ2v) is 5.89. The van der Waals surface area contributed by atoms with Gasteiger partial charge in [0.2, 0.25) is 0 Å². The zero-order valence-corrected chi connectivity index (χ0v) is 13.2. The van der Waals surface area contributed by atoms with E-state index in [2.05, 4.69) is 76.3 Å². The van der Waals surface area contributed by atoms with Crippen LogP contribution < -0.4 is 5.32 Å². The van der Waals surface area contributed by atoms with Crippen molar-refractivity contribution in [1.29, 1.82) is 0 Å². The molecule has 20 heavy (non-hydrogen) atoms. The average Bonchev–Trinajstić information content (AvgIpc) is 2.38. The first-order valence-corrected chi connectivity index (χ1v) is 7.34. The van der Waals surface area contributed by atoms with Gasteiger partial charge >= 0.3 is 0 Å². The highest BCUT2D eigenvalue weighted by molar-refractivity contribution is 5.37. The molecule has 106 valence electrons. The van der Waals surface area contributed by atoms with E-state index in [9.17, 15) is 0 Å². The summed E-state index contributed by atoms with van der Waals surface area (Å²) in [6, 6.07) is 13.7. The average molecular weight is 267 g/mol. The Labute approximate surface area is 123 Å². The van der Waals surface area contributed by atoms with Crippen molar-refractivity contribution < 1.29 is 0 Å². The zero-order valence-electron chi connectivity index (χ0n) is 13.2. The van der Waals surface area contributed by atoms with E-state index >= 15 is 0 Å². The maximum absolute atomic E-state index is 3.64. The van der Waals surface area contributed by atoms with Gasteiger partial charge in [0, 0.05) is 12.6 Å². The quantitative estimate of drug-likeness (QED) is 0.841. The predicted molar refractivity (Wildman–Crippen MR) is 87.1 cm³/mol. The highest BCUT2D eigenvalue weighted by Crippen LogP contribution is 2.18. The summed E-state index contributed by atoms with van der Waals surface area (Å²) in [4.78, 5) is 0. The molecule has 2 aromatic rings. The summed E-state index contributed by atoms with van der Waals surface area (Å²) in [5.41, 5.74) is 8.19. The Bertz CT molecular complexity index is 558. The van der Waals surface area contributed by atoms with Gasteiger partial charge in [-0.2, -0.15) is 0 Å². The van der Waals surface area contributed by atoms with E-state index in [1.54, 1.807) is 0 Å². The molecule has 0 unspecified atom stereocenters. The number of nitrogens with one attached hydrogen (secondary N) is 1. The number of benzene rings is 2. The fraction of sp³-hybridized carbons (Fsp3) is 0.368. The zero-order chi connectivity index (χ0) is 14.7. The van der Waals surface area contributed by atoms with Crippen LogP contribution in [0.1, 0.15) is 46.3 Å². The molecule has 1 atom stereocenters. The third-order valence-corrected chi connectivity index (χ3v) is 4.00. The topological polar surface area (TPSA) is 12.0 Å². The number of hydrogen-bond acceptors (Lipinski definition) is 1. The molecule has 2 aromatic carbocycles. The molecule has 0 fully saturated rings. The molecule has 0 bridgehead atoms. The van der Waals surface area contributed by atoms with Gasteiger partial charge in [0.05, 0.1) is 0 Å². The summed E-state index contributed by atoms with van der Waals surface area (Å²) in [5.74, 6) is 0. The molecule has 0 heterocycles. The molecule has 1 heteroatoms. The standard InChI is InChI=1S/C19H25N/c1-13-6-8-18(9-7-13)17(5)20-12-19-15(3)10-14(2)11-16(19)4/h6-11,17,20H,12H2,1-5H3/t17-/m1/s1. The minimum absolute atomic E-state index is 0.371. The summed E-state index contributed by atoms with van der Waals surface area (Å²) in [6.07, 6.45) is 0. The van der Waals surface area contributed by atoms with Gasteiger partial charge < -0.3 is 5.32 Å². The van der Waals surface area contributed by atoms with Crippen molar-refractivity contribution in [2.45, 2.75) is 47.2 Å². The molecule has 1 N–H and O–H groups in total. The van der Waals surface area contributed by atoms with Gasteiger partial charge in [-0.25, -0.2) is 0 Å². The number of hydrogen-bond donors (Lipinski definition) is 1. The van der Waals surface area contributed by atoms with E-state index in [-0.39, 0.29) is 0 Å². The number of rotatable bonds is 4. The lowest BCUT2D eigenvalue weighted by Crippen LogP contribution is -2.19. The first-order chi connectivity index (χ1) is 9.47. The summed E-state index contributed by atoms with van der Waals surface area (Å²) in [6.45, 7) is 11.8. The van der Waals surface area contributed by atoms with Crippen LogP contribution in [-0.4, -0.2) is 0 Å². The van der Waals surface area contributed by atoms with Gasteiger partial charge in [-0.05, 0) is 56.9 Å². The molecule has 2 rings (SSSR count). The highest BCUT2D eigenvalue weighted by Gasteiger charge is 2.08. The van der Waals surface area contributed by atoms with Gasteiger partial charge in [-0.15, -0.1) is 0 Å². The van der Waals surface area contributed by atoms with E-state index in [1.807, 2.05) is 0 Å². The molecule has 0 saturated heterocycles. The molecule has 0 radical (unpaired) electrons. The molecular formula is C19H25N. The van der Waals surface area contributed by atoms with E-state index in [1.165, 1.54) is 33.4 Å². The molecule has 0 aliphatic rings. The Morgan fingerprint density at radius 2 is 1.40 bits per heavy atom. The second-order valence-electron chi connectivity index (χ2n) is 5.89. The maximum Gasteiger partial charge on any atom is 0.0294 e. The van der Waals surface area contributed by atoms with Crippen LogP contribution in [0.4, 0.5) is 0 Å². The van der Waals surface area contributed by atoms with Crippen molar-refractivity contribution in [2.24, 2.45) is 0 Å². The van der Waals surface area contributed by atoms with Crippen LogP contribution in [-0.2, 0) is 6.54 Å². The third-order valence-electron chi connectivity index (χ3n) is 4.00. The Balaban J connectivity index is 2.07. The Morgan fingerprint density at radius 1 is 0.850 bits per heavy atom. The van der Waals surface area contributed by atoms with E-state index in [0.29, 0.717) is 6.04 Å². The van der Waals surface area contributed by atoms with Crippen molar-refractivity contribution in [3.05, 3.63) is 69.8 Å². The van der Waals surface area contributed by atoms with Crippen LogP contribution in [0.5, 0.6) is 0 Å². The highest BCUT2D eigenvalue weighted by atomic mass is 14.9. The molecule has 0 amide bonds.